The first kappa shape index (κ1) is 9.63. The second-order valence-corrected chi connectivity index (χ2v) is 4.67. The first-order valence-electron chi connectivity index (χ1n) is 3.06. The minimum absolute atomic E-state index is 0.0527. The summed E-state index contributed by atoms with van der Waals surface area (Å²) in [5.41, 5.74) is 0.576. The second-order valence-electron chi connectivity index (χ2n) is 2.29. The van der Waals surface area contributed by atoms with Crippen molar-refractivity contribution in [2.45, 2.75) is 11.8 Å². The summed E-state index contributed by atoms with van der Waals surface area (Å²) in [5, 5.41) is 4.94. The fourth-order valence-electron chi connectivity index (χ4n) is 0.769. The molecule has 1 aromatic rings. The highest BCUT2D eigenvalue weighted by atomic mass is 79.9. The molecule has 4 nitrogen and oxygen atoms in total. The minimum Gasteiger partial charge on any atom is -0.262 e. The van der Waals surface area contributed by atoms with E-state index in [0.29, 0.717) is 10.0 Å². The number of nitrogens with zero attached hydrogens (tertiary/aromatic N) is 1. The molecule has 0 aliphatic heterocycles. The average Bonchev–Trinajstić information content (AvgIpc) is 1.92. The van der Waals surface area contributed by atoms with Crippen LogP contribution in [0.2, 0.25) is 0 Å². The van der Waals surface area contributed by atoms with E-state index in [1.807, 2.05) is 0 Å². The maximum atomic E-state index is 10.9. The van der Waals surface area contributed by atoms with E-state index in [2.05, 4.69) is 20.9 Å². The lowest BCUT2D eigenvalue weighted by Crippen LogP contribution is -2.14. The van der Waals surface area contributed by atoms with Crippen LogP contribution in [-0.2, 0) is 10.0 Å². The van der Waals surface area contributed by atoms with Crippen molar-refractivity contribution in [1.82, 2.24) is 4.98 Å². The number of hydrogen-bond acceptors (Lipinski definition) is 3. The molecule has 0 spiro atoms. The maximum Gasteiger partial charge on any atom is 0.239 e. The first-order chi connectivity index (χ1) is 5.43. The van der Waals surface area contributed by atoms with E-state index in [-0.39, 0.29) is 4.90 Å². The van der Waals surface area contributed by atoms with Gasteiger partial charge in [-0.3, -0.25) is 4.98 Å². The van der Waals surface area contributed by atoms with Crippen molar-refractivity contribution in [2.24, 2.45) is 5.14 Å². The van der Waals surface area contributed by atoms with Gasteiger partial charge in [-0.15, -0.1) is 0 Å². The molecule has 0 unspecified atom stereocenters. The van der Waals surface area contributed by atoms with Gasteiger partial charge in [-0.1, -0.05) is 0 Å². The van der Waals surface area contributed by atoms with Crippen LogP contribution in [0, 0.1) is 6.92 Å². The Morgan fingerprint density at radius 1 is 1.50 bits per heavy atom. The predicted molar refractivity (Wildman–Crippen MR) is 48.0 cm³/mol. The quantitative estimate of drug-likeness (QED) is 0.802. The van der Waals surface area contributed by atoms with E-state index in [1.165, 1.54) is 12.4 Å². The summed E-state index contributed by atoms with van der Waals surface area (Å²) in [5.74, 6) is 0. The van der Waals surface area contributed by atoms with Gasteiger partial charge in [-0.05, 0) is 28.4 Å². The van der Waals surface area contributed by atoms with Crippen molar-refractivity contribution in [2.75, 3.05) is 0 Å². The van der Waals surface area contributed by atoms with E-state index in [0.717, 1.165) is 0 Å². The zero-order valence-corrected chi connectivity index (χ0v) is 8.68. The van der Waals surface area contributed by atoms with E-state index in [9.17, 15) is 8.42 Å². The summed E-state index contributed by atoms with van der Waals surface area (Å²) < 4.78 is 22.5. The average molecular weight is 251 g/mol. The lowest BCUT2D eigenvalue weighted by atomic mass is 10.3. The van der Waals surface area contributed by atoms with Crippen molar-refractivity contribution in [3.05, 3.63) is 22.4 Å². The van der Waals surface area contributed by atoms with E-state index in [4.69, 9.17) is 5.14 Å². The molecule has 0 saturated carbocycles. The maximum absolute atomic E-state index is 10.9. The summed E-state index contributed by atoms with van der Waals surface area (Å²) >= 11 is 3.16. The zero-order chi connectivity index (χ0) is 9.35. The van der Waals surface area contributed by atoms with Crippen LogP contribution in [0.3, 0.4) is 0 Å². The SMILES string of the molecule is Cc1c(Br)cncc1S(N)(=O)=O. The van der Waals surface area contributed by atoms with Gasteiger partial charge in [0.2, 0.25) is 10.0 Å². The van der Waals surface area contributed by atoms with Gasteiger partial charge < -0.3 is 0 Å². The van der Waals surface area contributed by atoms with Gasteiger partial charge in [0, 0.05) is 16.9 Å². The molecule has 1 heterocycles. The van der Waals surface area contributed by atoms with E-state index >= 15 is 0 Å². The molecule has 0 aliphatic rings. The fraction of sp³-hybridized carbons (Fsp3) is 0.167. The topological polar surface area (TPSA) is 73.0 Å². The van der Waals surface area contributed by atoms with Gasteiger partial charge in [0.15, 0.2) is 0 Å². The molecule has 1 aromatic heterocycles. The molecular weight excluding hydrogens is 244 g/mol. The van der Waals surface area contributed by atoms with Crippen LogP contribution in [0.15, 0.2) is 21.8 Å². The molecule has 0 aliphatic carbocycles. The number of primary sulfonamides is 1. The van der Waals surface area contributed by atoms with Crippen molar-refractivity contribution in [3.8, 4) is 0 Å². The van der Waals surface area contributed by atoms with Crippen molar-refractivity contribution < 1.29 is 8.42 Å². The molecular formula is C6H7BrN2O2S. The van der Waals surface area contributed by atoms with Crippen LogP contribution in [0.4, 0.5) is 0 Å². The van der Waals surface area contributed by atoms with E-state index in [1.54, 1.807) is 6.92 Å². The number of nitrogens with two attached hydrogens (primary N) is 1. The predicted octanol–water partition coefficient (Wildman–Crippen LogP) is 0.800. The molecule has 12 heavy (non-hydrogen) atoms. The molecule has 1 rings (SSSR count). The smallest absolute Gasteiger partial charge is 0.239 e. The summed E-state index contributed by atoms with van der Waals surface area (Å²) in [6, 6.07) is 0. The van der Waals surface area contributed by atoms with Crippen molar-refractivity contribution in [1.29, 1.82) is 0 Å². The lowest BCUT2D eigenvalue weighted by Gasteiger charge is -2.02. The molecule has 0 bridgehead atoms. The van der Waals surface area contributed by atoms with Crippen LogP contribution in [0.5, 0.6) is 0 Å². The normalized spacial score (nSPS) is 11.6. The number of aromatic nitrogens is 1. The van der Waals surface area contributed by atoms with Gasteiger partial charge >= 0.3 is 0 Å². The molecule has 66 valence electrons. The molecule has 0 aromatic carbocycles. The highest BCUT2D eigenvalue weighted by Gasteiger charge is 2.12. The summed E-state index contributed by atoms with van der Waals surface area (Å²) in [6.45, 7) is 1.66. The van der Waals surface area contributed by atoms with Crippen molar-refractivity contribution >= 4 is 26.0 Å². The Hall–Kier alpha value is -0.460. The van der Waals surface area contributed by atoms with Gasteiger partial charge in [-0.25, -0.2) is 13.6 Å². The Balaban J connectivity index is 3.47. The Labute approximate surface area is 79.0 Å². The van der Waals surface area contributed by atoms with Gasteiger partial charge in [0.1, 0.15) is 4.90 Å². The number of rotatable bonds is 1. The summed E-state index contributed by atoms with van der Waals surface area (Å²) in [4.78, 5) is 3.76. The largest absolute Gasteiger partial charge is 0.262 e. The molecule has 0 atom stereocenters. The second kappa shape index (κ2) is 3.12. The number of sulfonamides is 1. The highest BCUT2D eigenvalue weighted by Crippen LogP contribution is 2.20. The van der Waals surface area contributed by atoms with Crippen LogP contribution in [-0.4, -0.2) is 13.4 Å². The summed E-state index contributed by atoms with van der Waals surface area (Å²) in [7, 11) is -3.65. The first-order valence-corrected chi connectivity index (χ1v) is 5.40. The molecule has 0 radical (unpaired) electrons. The van der Waals surface area contributed by atoms with Gasteiger partial charge in [0.25, 0.3) is 0 Å². The third kappa shape index (κ3) is 1.82. The molecule has 0 fully saturated rings. The minimum atomic E-state index is -3.65. The zero-order valence-electron chi connectivity index (χ0n) is 6.28. The highest BCUT2D eigenvalue weighted by molar-refractivity contribution is 9.10. The fourth-order valence-corrected chi connectivity index (χ4v) is 1.98. The third-order valence-electron chi connectivity index (χ3n) is 1.41. The molecule has 6 heteroatoms. The number of halogens is 1. The Bertz CT molecular complexity index is 402. The number of pyridine rings is 1. The Morgan fingerprint density at radius 3 is 2.50 bits per heavy atom. The summed E-state index contributed by atoms with van der Waals surface area (Å²) in [6.07, 6.45) is 2.75. The molecule has 0 amide bonds. The standard InChI is InChI=1S/C6H7BrN2O2S/c1-4-5(7)2-9-3-6(4)12(8,10)11/h2-3H,1H3,(H2,8,10,11). The van der Waals surface area contributed by atoms with Crippen LogP contribution in [0.25, 0.3) is 0 Å². The van der Waals surface area contributed by atoms with Gasteiger partial charge in [0.05, 0.1) is 0 Å². The molecule has 2 N–H and O–H groups in total. The van der Waals surface area contributed by atoms with Gasteiger partial charge in [-0.2, -0.15) is 0 Å². The molecule has 0 saturated heterocycles. The van der Waals surface area contributed by atoms with E-state index < -0.39 is 10.0 Å². The van der Waals surface area contributed by atoms with Crippen LogP contribution < -0.4 is 5.14 Å². The number of hydrogen-bond donors (Lipinski definition) is 1. The van der Waals surface area contributed by atoms with Crippen LogP contribution >= 0.6 is 15.9 Å². The monoisotopic (exact) mass is 250 g/mol. The van der Waals surface area contributed by atoms with Crippen molar-refractivity contribution in [3.63, 3.8) is 0 Å². The Morgan fingerprint density at radius 2 is 2.08 bits per heavy atom. The lowest BCUT2D eigenvalue weighted by molar-refractivity contribution is 0.596. The van der Waals surface area contributed by atoms with Crippen LogP contribution in [0.1, 0.15) is 5.56 Å². The third-order valence-corrected chi connectivity index (χ3v) is 3.24. The Kier molecular flexibility index (Phi) is 2.50.